The van der Waals surface area contributed by atoms with Gasteiger partial charge in [0.2, 0.25) is 0 Å². The molecular weight excluding hydrogens is 424 g/mol. The first-order valence-corrected chi connectivity index (χ1v) is 10.4. The first kappa shape index (κ1) is 22.3. The largest absolute Gasteiger partial charge is 0.416 e. The van der Waals surface area contributed by atoms with E-state index in [1.165, 1.54) is 0 Å². The Hall–Kier alpha value is -1.87. The number of carbonyl (C=O) groups is 1. The van der Waals surface area contributed by atoms with Gasteiger partial charge >= 0.3 is 12.4 Å². The third-order valence-corrected chi connectivity index (χ3v) is 6.30. The lowest BCUT2D eigenvalue weighted by molar-refractivity contribution is -0.143. The Morgan fingerprint density at radius 1 is 1.00 bits per heavy atom. The van der Waals surface area contributed by atoms with Crippen LogP contribution in [0.5, 0.6) is 0 Å². The molecule has 1 aliphatic carbocycles. The van der Waals surface area contributed by atoms with Crippen molar-refractivity contribution in [2.75, 3.05) is 6.54 Å². The van der Waals surface area contributed by atoms with Crippen LogP contribution in [-0.4, -0.2) is 29.5 Å². The molecule has 31 heavy (non-hydrogen) atoms. The summed E-state index contributed by atoms with van der Waals surface area (Å²) in [4.78, 5) is 14.0. The number of hydrogen-bond donors (Lipinski definition) is 0. The van der Waals surface area contributed by atoms with E-state index in [2.05, 4.69) is 12.2 Å². The molecule has 3 aliphatic rings. The molecule has 0 radical (unpaired) electrons. The molecule has 0 saturated carbocycles. The maximum atomic E-state index is 13.2. The molecule has 0 bridgehead atoms. The molecule has 0 amide bonds. The van der Waals surface area contributed by atoms with Crippen molar-refractivity contribution in [2.45, 2.75) is 69.3 Å². The number of allylic oxidation sites excluding steroid dienone is 2. The molecule has 0 N–H and O–H groups in total. The summed E-state index contributed by atoms with van der Waals surface area (Å²) in [6.07, 6.45) is -2.74. The molecular formula is C22H23F6NO2. The fourth-order valence-electron chi connectivity index (χ4n) is 4.67. The molecule has 2 fully saturated rings. The third kappa shape index (κ3) is 5.14. The maximum absolute atomic E-state index is 13.2. The van der Waals surface area contributed by atoms with Gasteiger partial charge in [-0.2, -0.15) is 26.3 Å². The standard InChI is InChI=1S/C22H23F6NO2/c23-21(24,25)15-9-14(10-16(11-15)22(26,27)28)19-20(31-19)29-7-6-18(30)12-17(29)8-13-4-2-1-3-5-13/h1-2,9-11,13,17,19-20H,3-8,12H2. The van der Waals surface area contributed by atoms with Gasteiger partial charge < -0.3 is 4.74 Å². The SMILES string of the molecule is O=C1CCN(C2OC2c2cc(C(F)(F)F)cc(C(F)(F)F)c2)C(CC2CC=CCC2)C1. The topological polar surface area (TPSA) is 32.8 Å². The molecule has 4 atom stereocenters. The number of epoxide rings is 1. The monoisotopic (exact) mass is 447 g/mol. The van der Waals surface area contributed by atoms with Crippen LogP contribution >= 0.6 is 0 Å². The second-order valence-electron chi connectivity index (χ2n) is 8.56. The van der Waals surface area contributed by atoms with Gasteiger partial charge in [0, 0.05) is 25.4 Å². The number of halogens is 6. The molecule has 9 heteroatoms. The van der Waals surface area contributed by atoms with E-state index in [4.69, 9.17) is 4.74 Å². The second kappa shape index (κ2) is 8.24. The molecule has 2 saturated heterocycles. The van der Waals surface area contributed by atoms with Crippen LogP contribution in [0.4, 0.5) is 26.3 Å². The summed E-state index contributed by atoms with van der Waals surface area (Å²) in [5, 5.41) is 0. The Morgan fingerprint density at radius 3 is 2.26 bits per heavy atom. The van der Waals surface area contributed by atoms with Gasteiger partial charge in [-0.15, -0.1) is 0 Å². The first-order valence-electron chi connectivity index (χ1n) is 10.4. The van der Waals surface area contributed by atoms with E-state index in [0.29, 0.717) is 25.3 Å². The predicted octanol–water partition coefficient (Wildman–Crippen LogP) is 5.90. The van der Waals surface area contributed by atoms with Crippen molar-refractivity contribution < 1.29 is 35.9 Å². The van der Waals surface area contributed by atoms with Crippen molar-refractivity contribution in [3.8, 4) is 0 Å². The number of likely N-dealkylation sites (tertiary alicyclic amines) is 1. The first-order chi connectivity index (χ1) is 14.5. The normalized spacial score (nSPS) is 29.9. The van der Waals surface area contributed by atoms with Gasteiger partial charge in [-0.3, -0.25) is 9.69 Å². The summed E-state index contributed by atoms with van der Waals surface area (Å²) in [7, 11) is 0. The van der Waals surface area contributed by atoms with E-state index in [1.807, 2.05) is 4.90 Å². The Balaban J connectivity index is 1.55. The van der Waals surface area contributed by atoms with E-state index in [0.717, 1.165) is 37.8 Å². The van der Waals surface area contributed by atoms with E-state index in [9.17, 15) is 31.1 Å². The van der Waals surface area contributed by atoms with Crippen LogP contribution in [0, 0.1) is 5.92 Å². The van der Waals surface area contributed by atoms with Gasteiger partial charge in [0.05, 0.1) is 11.1 Å². The Labute approximate surface area is 176 Å². The lowest BCUT2D eigenvalue weighted by Gasteiger charge is -2.36. The molecule has 0 spiro atoms. The molecule has 0 aromatic heterocycles. The third-order valence-electron chi connectivity index (χ3n) is 6.30. The maximum Gasteiger partial charge on any atom is 0.416 e. The van der Waals surface area contributed by atoms with E-state index in [-0.39, 0.29) is 23.5 Å². The van der Waals surface area contributed by atoms with Crippen molar-refractivity contribution in [3.63, 3.8) is 0 Å². The van der Waals surface area contributed by atoms with Crippen molar-refractivity contribution in [1.29, 1.82) is 0 Å². The highest BCUT2D eigenvalue weighted by Gasteiger charge is 2.50. The van der Waals surface area contributed by atoms with Crippen LogP contribution in [0.3, 0.4) is 0 Å². The number of hydrogen-bond acceptors (Lipinski definition) is 3. The van der Waals surface area contributed by atoms with Gasteiger partial charge in [0.15, 0.2) is 0 Å². The number of alkyl halides is 6. The van der Waals surface area contributed by atoms with E-state index < -0.39 is 35.8 Å². The van der Waals surface area contributed by atoms with Crippen molar-refractivity contribution in [1.82, 2.24) is 4.90 Å². The lowest BCUT2D eigenvalue weighted by atomic mass is 9.85. The van der Waals surface area contributed by atoms with E-state index in [1.54, 1.807) is 0 Å². The fourth-order valence-corrected chi connectivity index (χ4v) is 4.67. The Bertz CT molecular complexity index is 830. The van der Waals surface area contributed by atoms with Crippen LogP contribution in [-0.2, 0) is 21.9 Å². The molecule has 1 aromatic rings. The highest BCUT2D eigenvalue weighted by molar-refractivity contribution is 5.80. The minimum Gasteiger partial charge on any atom is -0.348 e. The quantitative estimate of drug-likeness (QED) is 0.327. The highest BCUT2D eigenvalue weighted by atomic mass is 19.4. The smallest absolute Gasteiger partial charge is 0.348 e. The van der Waals surface area contributed by atoms with Crippen LogP contribution in [0.25, 0.3) is 0 Å². The zero-order chi connectivity index (χ0) is 22.4. The molecule has 170 valence electrons. The van der Waals surface area contributed by atoms with Crippen LogP contribution in [0.15, 0.2) is 30.4 Å². The number of carbonyl (C=O) groups excluding carboxylic acids is 1. The van der Waals surface area contributed by atoms with E-state index >= 15 is 0 Å². The molecule has 4 rings (SSSR count). The lowest BCUT2D eigenvalue weighted by Crippen LogP contribution is -2.45. The number of ketones is 1. The summed E-state index contributed by atoms with van der Waals surface area (Å²) in [6, 6.07) is 1.48. The molecule has 1 aromatic carbocycles. The summed E-state index contributed by atoms with van der Waals surface area (Å²) in [5.74, 6) is 0.536. The van der Waals surface area contributed by atoms with Crippen molar-refractivity contribution in [3.05, 3.63) is 47.0 Å². The summed E-state index contributed by atoms with van der Waals surface area (Å²) in [6.45, 7) is 0.401. The second-order valence-corrected chi connectivity index (χ2v) is 8.56. The molecule has 2 heterocycles. The Kier molecular flexibility index (Phi) is 5.93. The van der Waals surface area contributed by atoms with Crippen LogP contribution in [0.2, 0.25) is 0 Å². The van der Waals surface area contributed by atoms with Gasteiger partial charge in [0.1, 0.15) is 18.1 Å². The molecule has 3 nitrogen and oxygen atoms in total. The van der Waals surface area contributed by atoms with Gasteiger partial charge in [-0.05, 0) is 55.4 Å². The zero-order valence-corrected chi connectivity index (χ0v) is 16.7. The number of rotatable bonds is 4. The molecule has 2 aliphatic heterocycles. The fraction of sp³-hybridized carbons (Fsp3) is 0.591. The zero-order valence-electron chi connectivity index (χ0n) is 16.7. The van der Waals surface area contributed by atoms with Crippen molar-refractivity contribution in [2.24, 2.45) is 5.92 Å². The summed E-state index contributed by atoms with van der Waals surface area (Å²) in [5.41, 5.74) is -2.82. The summed E-state index contributed by atoms with van der Waals surface area (Å²) >= 11 is 0. The number of piperidine rings is 1. The predicted molar refractivity (Wildman–Crippen MR) is 99.9 cm³/mol. The summed E-state index contributed by atoms with van der Waals surface area (Å²) < 4.78 is 84.7. The van der Waals surface area contributed by atoms with Crippen LogP contribution < -0.4 is 0 Å². The van der Waals surface area contributed by atoms with Gasteiger partial charge in [0.25, 0.3) is 0 Å². The number of benzene rings is 1. The van der Waals surface area contributed by atoms with Gasteiger partial charge in [-0.1, -0.05) is 12.2 Å². The Morgan fingerprint density at radius 2 is 1.68 bits per heavy atom. The minimum atomic E-state index is -4.89. The number of ether oxygens (including phenoxy) is 1. The highest BCUT2D eigenvalue weighted by Crippen LogP contribution is 2.47. The average molecular weight is 447 g/mol. The number of Topliss-reactive ketones (excluding diaryl/α,β-unsaturated/α-hetero) is 1. The average Bonchev–Trinajstić information content (AvgIpc) is 3.48. The molecule has 4 unspecified atom stereocenters. The van der Waals surface area contributed by atoms with Crippen molar-refractivity contribution >= 4 is 5.78 Å². The minimum absolute atomic E-state index is 0.111. The van der Waals surface area contributed by atoms with Gasteiger partial charge in [-0.25, -0.2) is 0 Å². The van der Waals surface area contributed by atoms with Crippen LogP contribution in [0.1, 0.15) is 61.3 Å². The number of nitrogens with zero attached hydrogens (tertiary/aromatic N) is 1.